The summed E-state index contributed by atoms with van der Waals surface area (Å²) < 4.78 is 51.4. The first-order valence-electron chi connectivity index (χ1n) is 11.0. The van der Waals surface area contributed by atoms with Gasteiger partial charge in [-0.3, -0.25) is 4.72 Å². The van der Waals surface area contributed by atoms with E-state index >= 15 is 0 Å². The number of alkyl halides is 1. The van der Waals surface area contributed by atoms with Crippen LogP contribution in [0.25, 0.3) is 0 Å². The van der Waals surface area contributed by atoms with Crippen molar-refractivity contribution in [1.29, 1.82) is 0 Å². The minimum Gasteiger partial charge on any atom is -0.479 e. The number of ether oxygens (including phenoxy) is 2. The largest absolute Gasteiger partial charge is 0.479 e. The van der Waals surface area contributed by atoms with Crippen LogP contribution in [0.1, 0.15) is 42.5 Å². The molecule has 2 aliphatic rings. The molecule has 0 saturated heterocycles. The van der Waals surface area contributed by atoms with E-state index in [4.69, 9.17) is 9.47 Å². The summed E-state index contributed by atoms with van der Waals surface area (Å²) in [6, 6.07) is 8.69. The molecule has 2 aromatic rings. The number of hydrogen-bond donors (Lipinski definition) is 1. The van der Waals surface area contributed by atoms with Crippen molar-refractivity contribution in [2.45, 2.75) is 49.5 Å². The van der Waals surface area contributed by atoms with Crippen LogP contribution in [0.3, 0.4) is 0 Å². The van der Waals surface area contributed by atoms with E-state index in [0.717, 1.165) is 62.1 Å². The molecule has 0 bridgehead atoms. The molecule has 0 unspecified atom stereocenters. The first-order chi connectivity index (χ1) is 15.4. The smallest absolute Gasteiger partial charge is 0.262 e. The lowest BCUT2D eigenvalue weighted by molar-refractivity contribution is -0.0520. The zero-order chi connectivity index (χ0) is 22.7. The molecule has 1 aromatic carbocycles. The molecule has 1 aliphatic carbocycles. The molecule has 0 spiro atoms. The Kier molecular flexibility index (Phi) is 6.97. The van der Waals surface area contributed by atoms with Gasteiger partial charge in [-0.2, -0.15) is 0 Å². The summed E-state index contributed by atoms with van der Waals surface area (Å²) in [5.74, 6) is 0.551. The van der Waals surface area contributed by atoms with E-state index in [-0.39, 0.29) is 22.8 Å². The summed E-state index contributed by atoms with van der Waals surface area (Å²) in [6.45, 7) is 4.20. The predicted molar refractivity (Wildman–Crippen MR) is 120 cm³/mol. The third-order valence-electron chi connectivity index (χ3n) is 6.46. The second-order valence-corrected chi connectivity index (χ2v) is 10.0. The second kappa shape index (κ2) is 9.72. The molecule has 1 saturated carbocycles. The van der Waals surface area contributed by atoms with Gasteiger partial charge in [-0.05, 0) is 61.1 Å². The number of anilines is 1. The number of nitrogens with zero attached hydrogens (tertiary/aromatic N) is 2. The highest BCUT2D eigenvalue weighted by Crippen LogP contribution is 2.39. The highest BCUT2D eigenvalue weighted by molar-refractivity contribution is 7.92. The van der Waals surface area contributed by atoms with Crippen LogP contribution in [0.2, 0.25) is 0 Å². The lowest BCUT2D eigenvalue weighted by atomic mass is 9.77. The maximum Gasteiger partial charge on any atom is 0.262 e. The predicted octanol–water partition coefficient (Wildman–Crippen LogP) is 3.50. The Hall–Kier alpha value is -2.23. The van der Waals surface area contributed by atoms with Crippen molar-refractivity contribution >= 4 is 15.7 Å². The van der Waals surface area contributed by atoms with Crippen molar-refractivity contribution in [3.8, 4) is 5.88 Å². The molecule has 1 N–H and O–H groups in total. The number of methoxy groups -OCH3 is 1. The minimum atomic E-state index is -3.80. The summed E-state index contributed by atoms with van der Waals surface area (Å²) in [5.41, 5.74) is 3.39. The highest BCUT2D eigenvalue weighted by Gasteiger charge is 2.31. The van der Waals surface area contributed by atoms with Crippen LogP contribution in [0.4, 0.5) is 10.1 Å². The first kappa shape index (κ1) is 22.9. The fourth-order valence-electron chi connectivity index (χ4n) is 4.39. The average Bonchev–Trinajstić information content (AvgIpc) is 2.97. The number of benzene rings is 1. The number of aromatic nitrogens is 1. The van der Waals surface area contributed by atoms with E-state index in [1.165, 1.54) is 7.11 Å². The normalized spacial score (nSPS) is 21.3. The SMILES string of the molecule is CCN1CCc2cc(NS(=O)(=O)c3ccc(C4CC(OCF)C4)cc3)c(OC)nc2CC1. The van der Waals surface area contributed by atoms with Crippen molar-refractivity contribution in [3.05, 3.63) is 47.2 Å². The van der Waals surface area contributed by atoms with Gasteiger partial charge in [0, 0.05) is 25.2 Å². The number of halogens is 1. The van der Waals surface area contributed by atoms with Gasteiger partial charge in [0.2, 0.25) is 5.88 Å². The van der Waals surface area contributed by atoms with Gasteiger partial charge in [0.05, 0.1) is 18.1 Å². The molecule has 174 valence electrons. The summed E-state index contributed by atoms with van der Waals surface area (Å²) in [4.78, 5) is 7.13. The van der Waals surface area contributed by atoms with E-state index < -0.39 is 16.9 Å². The van der Waals surface area contributed by atoms with E-state index in [2.05, 4.69) is 21.5 Å². The Morgan fingerprint density at radius 3 is 2.56 bits per heavy atom. The molecule has 1 fully saturated rings. The number of rotatable bonds is 8. The van der Waals surface area contributed by atoms with E-state index in [1.54, 1.807) is 12.1 Å². The van der Waals surface area contributed by atoms with Gasteiger partial charge in [0.1, 0.15) is 5.69 Å². The topological polar surface area (TPSA) is 80.8 Å². The molecule has 0 radical (unpaired) electrons. The van der Waals surface area contributed by atoms with Gasteiger partial charge in [-0.1, -0.05) is 19.1 Å². The van der Waals surface area contributed by atoms with Crippen LogP contribution in [-0.2, 0) is 27.6 Å². The van der Waals surface area contributed by atoms with Crippen LogP contribution < -0.4 is 9.46 Å². The van der Waals surface area contributed by atoms with Crippen LogP contribution in [-0.4, -0.2) is 58.0 Å². The summed E-state index contributed by atoms with van der Waals surface area (Å²) in [5, 5.41) is 0. The average molecular weight is 464 g/mol. The van der Waals surface area contributed by atoms with Crippen LogP contribution in [0.15, 0.2) is 35.2 Å². The second-order valence-electron chi connectivity index (χ2n) is 8.33. The molecule has 7 nitrogen and oxygen atoms in total. The maximum atomic E-state index is 13.0. The lowest BCUT2D eigenvalue weighted by Gasteiger charge is -2.34. The van der Waals surface area contributed by atoms with Gasteiger partial charge in [-0.15, -0.1) is 0 Å². The molecule has 9 heteroatoms. The van der Waals surface area contributed by atoms with Gasteiger partial charge in [0.25, 0.3) is 10.0 Å². The molecule has 0 atom stereocenters. The Morgan fingerprint density at radius 2 is 1.91 bits per heavy atom. The number of nitrogens with one attached hydrogen (secondary N) is 1. The summed E-state index contributed by atoms with van der Waals surface area (Å²) >= 11 is 0. The number of fused-ring (bicyclic) bond motifs is 1. The number of likely N-dealkylation sites (N-methyl/N-ethyl adjacent to an activating group) is 1. The fraction of sp³-hybridized carbons (Fsp3) is 0.522. The van der Waals surface area contributed by atoms with E-state index in [9.17, 15) is 12.8 Å². The molecular weight excluding hydrogens is 433 g/mol. The zero-order valence-corrected chi connectivity index (χ0v) is 19.3. The minimum absolute atomic E-state index is 0.0485. The van der Waals surface area contributed by atoms with Crippen molar-refractivity contribution in [1.82, 2.24) is 9.88 Å². The number of hydrogen-bond acceptors (Lipinski definition) is 6. The van der Waals surface area contributed by atoms with E-state index in [0.29, 0.717) is 5.69 Å². The van der Waals surface area contributed by atoms with Crippen LogP contribution in [0.5, 0.6) is 5.88 Å². The Balaban J connectivity index is 1.50. The monoisotopic (exact) mass is 463 g/mol. The number of pyridine rings is 1. The van der Waals surface area contributed by atoms with Gasteiger partial charge < -0.3 is 14.4 Å². The quantitative estimate of drug-likeness (QED) is 0.645. The van der Waals surface area contributed by atoms with Gasteiger partial charge in [-0.25, -0.2) is 17.8 Å². The Labute approximate surface area is 189 Å². The van der Waals surface area contributed by atoms with Gasteiger partial charge in [0.15, 0.2) is 6.86 Å². The molecule has 4 rings (SSSR count). The molecule has 0 amide bonds. The van der Waals surface area contributed by atoms with Gasteiger partial charge >= 0.3 is 0 Å². The Bertz CT molecular complexity index is 1040. The van der Waals surface area contributed by atoms with Crippen molar-refractivity contribution in [2.75, 3.05) is 38.3 Å². The molecule has 1 aromatic heterocycles. The van der Waals surface area contributed by atoms with Crippen LogP contribution in [0, 0.1) is 0 Å². The van der Waals surface area contributed by atoms with Crippen molar-refractivity contribution in [2.24, 2.45) is 0 Å². The molecule has 1 aliphatic heterocycles. The molecule has 32 heavy (non-hydrogen) atoms. The summed E-state index contributed by atoms with van der Waals surface area (Å²) in [6.07, 6.45) is 3.08. The first-order valence-corrected chi connectivity index (χ1v) is 12.5. The molecular formula is C23H30FN3O4S. The van der Waals surface area contributed by atoms with E-state index in [1.807, 2.05) is 18.2 Å². The summed E-state index contributed by atoms with van der Waals surface area (Å²) in [7, 11) is -2.31. The maximum absolute atomic E-state index is 13.0. The fourth-order valence-corrected chi connectivity index (χ4v) is 5.44. The number of sulfonamides is 1. The zero-order valence-electron chi connectivity index (χ0n) is 18.5. The van der Waals surface area contributed by atoms with Crippen molar-refractivity contribution in [3.63, 3.8) is 0 Å². The lowest BCUT2D eigenvalue weighted by Crippen LogP contribution is -2.29. The Morgan fingerprint density at radius 1 is 1.19 bits per heavy atom. The van der Waals surface area contributed by atoms with Crippen molar-refractivity contribution < 1.29 is 22.3 Å². The van der Waals surface area contributed by atoms with Crippen LogP contribution >= 0.6 is 0 Å². The third kappa shape index (κ3) is 4.89. The third-order valence-corrected chi connectivity index (χ3v) is 7.84. The standard InChI is InChI=1S/C23H30FN3O4S/c1-3-27-10-8-17-14-22(23(30-2)25-21(17)9-11-27)26-32(28,29)20-6-4-16(5-7-20)18-12-19(13-18)31-15-24/h4-7,14,18-19,26H,3,8-13,15H2,1-2H3. The highest BCUT2D eigenvalue weighted by atomic mass is 32.2. The molecule has 2 heterocycles.